The normalized spacial score (nSPS) is 19.8. The second kappa shape index (κ2) is 5.17. The van der Waals surface area contributed by atoms with Crippen LogP contribution in [0.1, 0.15) is 26.3 Å². The highest BCUT2D eigenvalue weighted by molar-refractivity contribution is 5.66. The number of hydrogen-bond donors (Lipinski definition) is 1. The maximum Gasteiger partial charge on any atom is 0.408 e. The van der Waals surface area contributed by atoms with Crippen LogP contribution in [-0.4, -0.2) is 45.4 Å². The van der Waals surface area contributed by atoms with Crippen LogP contribution in [-0.2, 0) is 11.2 Å². The maximum atomic E-state index is 11.6. The molecule has 0 radical (unpaired) electrons. The van der Waals surface area contributed by atoms with Crippen molar-refractivity contribution in [3.8, 4) is 0 Å². The summed E-state index contributed by atoms with van der Waals surface area (Å²) in [5.74, 6) is 0. The van der Waals surface area contributed by atoms with Gasteiger partial charge in [0.1, 0.15) is 6.10 Å². The van der Waals surface area contributed by atoms with Crippen LogP contribution < -0.4 is 0 Å². The van der Waals surface area contributed by atoms with Crippen molar-refractivity contribution < 1.29 is 14.6 Å². The summed E-state index contributed by atoms with van der Waals surface area (Å²) < 4.78 is 5.34. The van der Waals surface area contributed by atoms with Gasteiger partial charge in [-0.05, 0) is 38.8 Å². The molecule has 2 rings (SSSR count). The molecule has 1 saturated heterocycles. The van der Waals surface area contributed by atoms with Gasteiger partial charge in [0.2, 0.25) is 0 Å². The Morgan fingerprint density at radius 3 is 2.74 bits per heavy atom. The molecule has 1 fully saturated rings. The fourth-order valence-electron chi connectivity index (χ4n) is 2.35. The molecule has 0 aliphatic carbocycles. The lowest BCUT2D eigenvalue weighted by molar-refractivity contribution is 0.0594. The molecule has 1 N–H and O–H groups in total. The summed E-state index contributed by atoms with van der Waals surface area (Å²) in [4.78, 5) is 17.1. The Morgan fingerprint density at radius 1 is 1.63 bits per heavy atom. The Bertz CT molecular complexity index is 438. The number of hydrogen-bond acceptors (Lipinski definition) is 3. The average Bonchev–Trinajstić information content (AvgIpc) is 3.10. The van der Waals surface area contributed by atoms with Crippen LogP contribution in [0.4, 0.5) is 4.79 Å². The van der Waals surface area contributed by atoms with Crippen LogP contribution in [0.5, 0.6) is 0 Å². The van der Waals surface area contributed by atoms with E-state index in [2.05, 4.69) is 4.98 Å². The summed E-state index contributed by atoms with van der Waals surface area (Å²) in [6, 6.07) is 3.66. The minimum atomic E-state index is -0.906. The fourth-order valence-corrected chi connectivity index (χ4v) is 2.35. The Labute approximate surface area is 113 Å². The van der Waals surface area contributed by atoms with E-state index in [1.54, 1.807) is 12.4 Å². The van der Waals surface area contributed by atoms with Crippen LogP contribution in [0.2, 0.25) is 0 Å². The molecule has 1 aromatic heterocycles. The standard InChI is InChI=1S/C14H20N2O3/c1-14(2,3)16(13(17)18)11(12-9-19-12)7-10-5-4-6-15-8-10/h4-6,8,11-12H,7,9H2,1-3H3,(H,17,18)/t11-,12+/m0/s1. The molecule has 1 aliphatic rings. The Morgan fingerprint density at radius 2 is 2.32 bits per heavy atom. The fraction of sp³-hybridized carbons (Fsp3) is 0.571. The third-order valence-electron chi connectivity index (χ3n) is 3.22. The molecule has 0 spiro atoms. The lowest BCUT2D eigenvalue weighted by Gasteiger charge is -2.39. The van der Waals surface area contributed by atoms with Gasteiger partial charge in [-0.1, -0.05) is 6.07 Å². The number of rotatable bonds is 4. The zero-order valence-corrected chi connectivity index (χ0v) is 11.5. The van der Waals surface area contributed by atoms with Gasteiger partial charge in [0.05, 0.1) is 12.6 Å². The van der Waals surface area contributed by atoms with E-state index >= 15 is 0 Å². The molecule has 5 nitrogen and oxygen atoms in total. The van der Waals surface area contributed by atoms with Crippen LogP contribution in [0.25, 0.3) is 0 Å². The van der Waals surface area contributed by atoms with Crippen molar-refractivity contribution >= 4 is 6.09 Å². The number of amides is 1. The summed E-state index contributed by atoms with van der Waals surface area (Å²) in [6.07, 6.45) is 3.21. The molecule has 0 bridgehead atoms. The van der Waals surface area contributed by atoms with E-state index in [0.717, 1.165) is 5.56 Å². The molecular formula is C14H20N2O3. The first kappa shape index (κ1) is 13.8. The van der Waals surface area contributed by atoms with E-state index in [1.807, 2.05) is 32.9 Å². The highest BCUT2D eigenvalue weighted by Gasteiger charge is 2.43. The molecule has 0 aromatic carbocycles. The van der Waals surface area contributed by atoms with Crippen molar-refractivity contribution in [3.05, 3.63) is 30.1 Å². The van der Waals surface area contributed by atoms with Crippen molar-refractivity contribution in [1.29, 1.82) is 0 Å². The number of carbonyl (C=O) groups is 1. The highest BCUT2D eigenvalue weighted by Crippen LogP contribution is 2.28. The molecular weight excluding hydrogens is 244 g/mol. The minimum Gasteiger partial charge on any atom is -0.465 e. The van der Waals surface area contributed by atoms with Gasteiger partial charge < -0.3 is 9.84 Å². The van der Waals surface area contributed by atoms with Gasteiger partial charge in [-0.2, -0.15) is 0 Å². The summed E-state index contributed by atoms with van der Waals surface area (Å²) in [6.45, 7) is 6.34. The number of ether oxygens (including phenoxy) is 1. The van der Waals surface area contributed by atoms with Gasteiger partial charge in [0.25, 0.3) is 0 Å². The summed E-state index contributed by atoms with van der Waals surface area (Å²) >= 11 is 0. The molecule has 0 unspecified atom stereocenters. The van der Waals surface area contributed by atoms with Gasteiger partial charge >= 0.3 is 6.09 Å². The number of epoxide rings is 1. The predicted octanol–water partition coefficient (Wildman–Crippen LogP) is 2.17. The van der Waals surface area contributed by atoms with E-state index < -0.39 is 11.6 Å². The van der Waals surface area contributed by atoms with Crippen LogP contribution >= 0.6 is 0 Å². The van der Waals surface area contributed by atoms with E-state index in [-0.39, 0.29) is 12.1 Å². The maximum absolute atomic E-state index is 11.6. The smallest absolute Gasteiger partial charge is 0.408 e. The van der Waals surface area contributed by atoms with Crippen molar-refractivity contribution in [1.82, 2.24) is 9.88 Å². The zero-order chi connectivity index (χ0) is 14.0. The third-order valence-corrected chi connectivity index (χ3v) is 3.22. The number of nitrogens with zero attached hydrogens (tertiary/aromatic N) is 2. The Kier molecular flexibility index (Phi) is 3.75. The largest absolute Gasteiger partial charge is 0.465 e. The zero-order valence-electron chi connectivity index (χ0n) is 11.5. The van der Waals surface area contributed by atoms with Gasteiger partial charge in [0, 0.05) is 17.9 Å². The first-order chi connectivity index (χ1) is 8.89. The van der Waals surface area contributed by atoms with E-state index in [9.17, 15) is 9.90 Å². The van der Waals surface area contributed by atoms with Crippen molar-refractivity contribution in [3.63, 3.8) is 0 Å². The monoisotopic (exact) mass is 264 g/mol. The Balaban J connectivity index is 2.21. The van der Waals surface area contributed by atoms with Crippen molar-refractivity contribution in [2.75, 3.05) is 6.61 Å². The second-order valence-electron chi connectivity index (χ2n) is 5.83. The molecule has 1 aromatic rings. The molecule has 5 heteroatoms. The van der Waals surface area contributed by atoms with Crippen LogP contribution in [0, 0.1) is 0 Å². The molecule has 19 heavy (non-hydrogen) atoms. The van der Waals surface area contributed by atoms with Gasteiger partial charge in [0.15, 0.2) is 0 Å². The predicted molar refractivity (Wildman–Crippen MR) is 71.1 cm³/mol. The van der Waals surface area contributed by atoms with Crippen LogP contribution in [0.15, 0.2) is 24.5 Å². The van der Waals surface area contributed by atoms with Gasteiger partial charge in [-0.3, -0.25) is 9.88 Å². The quantitative estimate of drug-likeness (QED) is 0.846. The molecule has 0 saturated carbocycles. The Hall–Kier alpha value is -1.62. The first-order valence-electron chi connectivity index (χ1n) is 6.42. The molecule has 2 heterocycles. The van der Waals surface area contributed by atoms with Crippen molar-refractivity contribution in [2.45, 2.75) is 44.9 Å². The molecule has 104 valence electrons. The number of pyridine rings is 1. The van der Waals surface area contributed by atoms with E-state index in [1.165, 1.54) is 4.90 Å². The molecule has 1 amide bonds. The van der Waals surface area contributed by atoms with E-state index in [0.29, 0.717) is 13.0 Å². The lowest BCUT2D eigenvalue weighted by Crippen LogP contribution is -2.54. The lowest BCUT2D eigenvalue weighted by atomic mass is 9.97. The first-order valence-corrected chi connectivity index (χ1v) is 6.42. The number of carboxylic acid groups (broad SMARTS) is 1. The average molecular weight is 264 g/mol. The summed E-state index contributed by atoms with van der Waals surface area (Å²) in [7, 11) is 0. The van der Waals surface area contributed by atoms with E-state index in [4.69, 9.17) is 4.74 Å². The third kappa shape index (κ3) is 3.44. The summed E-state index contributed by atoms with van der Waals surface area (Å²) in [5, 5.41) is 9.49. The molecule has 1 aliphatic heterocycles. The van der Waals surface area contributed by atoms with Crippen LogP contribution in [0.3, 0.4) is 0 Å². The molecule has 2 atom stereocenters. The topological polar surface area (TPSA) is 66.0 Å². The van der Waals surface area contributed by atoms with Gasteiger partial charge in [-0.15, -0.1) is 0 Å². The van der Waals surface area contributed by atoms with Gasteiger partial charge in [-0.25, -0.2) is 4.79 Å². The van der Waals surface area contributed by atoms with Crippen molar-refractivity contribution in [2.24, 2.45) is 0 Å². The number of aromatic nitrogens is 1. The minimum absolute atomic E-state index is 0.00414. The second-order valence-corrected chi connectivity index (χ2v) is 5.83. The summed E-state index contributed by atoms with van der Waals surface area (Å²) in [5.41, 5.74) is 0.573. The SMILES string of the molecule is CC(C)(C)N(C(=O)O)[C@@H](Cc1cccnc1)[C@H]1CO1. The highest BCUT2D eigenvalue weighted by atomic mass is 16.6.